The van der Waals surface area contributed by atoms with Crippen molar-refractivity contribution in [3.05, 3.63) is 65.2 Å². The molecule has 2 aromatic carbocycles. The lowest BCUT2D eigenvalue weighted by molar-refractivity contribution is -0.139. The molecule has 0 bridgehead atoms. The van der Waals surface area contributed by atoms with E-state index in [0.29, 0.717) is 36.0 Å². The number of amides is 1. The molecule has 3 rings (SSSR count). The summed E-state index contributed by atoms with van der Waals surface area (Å²) in [7, 11) is 0. The Labute approximate surface area is 199 Å². The van der Waals surface area contributed by atoms with Gasteiger partial charge in [0, 0.05) is 29.1 Å². The molecule has 0 radical (unpaired) electrons. The molecule has 1 fully saturated rings. The Morgan fingerprint density at radius 1 is 1.25 bits per heavy atom. The summed E-state index contributed by atoms with van der Waals surface area (Å²) in [5.41, 5.74) is 3.28. The number of thioether (sulfide) groups is 1. The lowest BCUT2D eigenvalue weighted by atomic mass is 9.98. The topological polar surface area (TPSA) is 90.5 Å². The van der Waals surface area contributed by atoms with Crippen LogP contribution in [0.3, 0.4) is 0 Å². The maximum absolute atomic E-state index is 13.2. The summed E-state index contributed by atoms with van der Waals surface area (Å²) in [5.74, 6) is -0.716. The van der Waals surface area contributed by atoms with E-state index in [-0.39, 0.29) is 11.9 Å². The Hall–Kier alpha value is -2.16. The van der Waals surface area contributed by atoms with Crippen LogP contribution in [-0.2, 0) is 11.2 Å². The first-order chi connectivity index (χ1) is 15.5. The van der Waals surface area contributed by atoms with E-state index in [1.807, 2.05) is 54.8 Å². The van der Waals surface area contributed by atoms with Crippen molar-refractivity contribution < 1.29 is 14.7 Å². The highest BCUT2D eigenvalue weighted by Gasteiger charge is 2.24. The molecule has 32 heavy (non-hydrogen) atoms. The fourth-order valence-electron chi connectivity index (χ4n) is 3.79. The Bertz CT molecular complexity index is 911. The number of aliphatic carboxylic acids is 1. The molecule has 8 heteroatoms. The Kier molecular flexibility index (Phi) is 9.32. The third-order valence-electron chi connectivity index (χ3n) is 5.64. The highest BCUT2D eigenvalue weighted by Crippen LogP contribution is 2.21. The Balaban J connectivity index is 1.80. The number of nitrogens with one attached hydrogen (secondary N) is 3. The van der Waals surface area contributed by atoms with Gasteiger partial charge in [-0.05, 0) is 61.1 Å². The number of thiol groups is 1. The highest BCUT2D eigenvalue weighted by atomic mass is 32.2. The van der Waals surface area contributed by atoms with Gasteiger partial charge in [0.15, 0.2) is 0 Å². The van der Waals surface area contributed by atoms with Crippen molar-refractivity contribution in [2.75, 3.05) is 30.4 Å². The van der Waals surface area contributed by atoms with Crippen molar-refractivity contribution in [2.45, 2.75) is 36.6 Å². The molecule has 0 spiro atoms. The van der Waals surface area contributed by atoms with Crippen molar-refractivity contribution in [1.29, 1.82) is 0 Å². The summed E-state index contributed by atoms with van der Waals surface area (Å²) >= 11 is 6.18. The van der Waals surface area contributed by atoms with Gasteiger partial charge in [-0.3, -0.25) is 4.79 Å². The number of benzene rings is 2. The van der Waals surface area contributed by atoms with Crippen LogP contribution in [0.4, 0.5) is 5.69 Å². The van der Waals surface area contributed by atoms with Gasteiger partial charge in [0.05, 0.1) is 0 Å². The second-order valence-electron chi connectivity index (χ2n) is 7.98. The molecule has 2 unspecified atom stereocenters. The van der Waals surface area contributed by atoms with Crippen LogP contribution in [0, 0.1) is 0 Å². The zero-order valence-electron chi connectivity index (χ0n) is 18.2. The fourth-order valence-corrected chi connectivity index (χ4v) is 4.60. The van der Waals surface area contributed by atoms with Crippen LogP contribution in [0.25, 0.3) is 0 Å². The van der Waals surface area contributed by atoms with Crippen LogP contribution in [0.5, 0.6) is 0 Å². The van der Waals surface area contributed by atoms with E-state index in [2.05, 4.69) is 28.6 Å². The van der Waals surface area contributed by atoms with E-state index in [1.165, 1.54) is 0 Å². The smallest absolute Gasteiger partial charge is 0.326 e. The molecule has 0 saturated carbocycles. The van der Waals surface area contributed by atoms with Crippen molar-refractivity contribution in [3.63, 3.8) is 0 Å². The van der Waals surface area contributed by atoms with Crippen molar-refractivity contribution >= 4 is 42.0 Å². The summed E-state index contributed by atoms with van der Waals surface area (Å²) in [4.78, 5) is 24.8. The van der Waals surface area contributed by atoms with Gasteiger partial charge in [-0.25, -0.2) is 4.79 Å². The first-order valence-corrected chi connectivity index (χ1v) is 12.7. The number of carboxylic acids is 1. The Morgan fingerprint density at radius 2 is 2.03 bits per heavy atom. The molecule has 0 aliphatic carbocycles. The van der Waals surface area contributed by atoms with Gasteiger partial charge in [-0.2, -0.15) is 24.4 Å². The highest BCUT2D eigenvalue weighted by molar-refractivity contribution is 7.98. The molecule has 1 aliphatic rings. The first-order valence-electron chi connectivity index (χ1n) is 10.8. The maximum atomic E-state index is 13.2. The van der Waals surface area contributed by atoms with Crippen LogP contribution in [0.15, 0.2) is 48.5 Å². The van der Waals surface area contributed by atoms with Gasteiger partial charge >= 0.3 is 5.97 Å². The second-order valence-corrected chi connectivity index (χ2v) is 9.63. The van der Waals surface area contributed by atoms with E-state index >= 15 is 0 Å². The number of hydrogen-bond donors (Lipinski definition) is 5. The van der Waals surface area contributed by atoms with Gasteiger partial charge in [-0.1, -0.05) is 36.4 Å². The van der Waals surface area contributed by atoms with E-state index in [0.717, 1.165) is 29.8 Å². The molecule has 3 atom stereocenters. The number of anilines is 1. The largest absolute Gasteiger partial charge is 0.480 e. The molecule has 4 N–H and O–H groups in total. The first kappa shape index (κ1) is 24.5. The number of carbonyl (C=O) groups is 2. The third kappa shape index (κ3) is 6.92. The predicted octanol–water partition coefficient (Wildman–Crippen LogP) is 3.29. The minimum atomic E-state index is -1.02. The summed E-state index contributed by atoms with van der Waals surface area (Å²) < 4.78 is 0. The zero-order chi connectivity index (χ0) is 22.9. The second kappa shape index (κ2) is 12.2. The van der Waals surface area contributed by atoms with E-state index in [4.69, 9.17) is 0 Å². The normalized spacial score (nSPS) is 18.8. The zero-order valence-corrected chi connectivity index (χ0v) is 19.9. The van der Waals surface area contributed by atoms with E-state index in [9.17, 15) is 14.7 Å². The van der Waals surface area contributed by atoms with Crippen LogP contribution in [-0.4, -0.2) is 59.4 Å². The van der Waals surface area contributed by atoms with Gasteiger partial charge in [-0.15, -0.1) is 0 Å². The SMILES string of the molecule is CSCC[C@H](NC(=O)c1cc(NCC2NCCC2S)ccc1Cc1ccccc1)C(=O)O. The fraction of sp³-hybridized carbons (Fsp3) is 0.417. The molecule has 2 aromatic rings. The van der Waals surface area contributed by atoms with Crippen molar-refractivity contribution in [1.82, 2.24) is 10.6 Å². The minimum Gasteiger partial charge on any atom is -0.480 e. The molecular weight excluding hydrogens is 442 g/mol. The van der Waals surface area contributed by atoms with E-state index < -0.39 is 12.0 Å². The van der Waals surface area contributed by atoms with Gasteiger partial charge in [0.2, 0.25) is 0 Å². The molecule has 1 heterocycles. The van der Waals surface area contributed by atoms with Gasteiger partial charge in [0.1, 0.15) is 6.04 Å². The van der Waals surface area contributed by atoms with Crippen molar-refractivity contribution in [3.8, 4) is 0 Å². The molecule has 1 saturated heterocycles. The summed E-state index contributed by atoms with van der Waals surface area (Å²) in [6, 6.07) is 15.0. The summed E-state index contributed by atoms with van der Waals surface area (Å²) in [5, 5.41) is 19.4. The number of hydrogen-bond acceptors (Lipinski definition) is 6. The lowest BCUT2D eigenvalue weighted by Gasteiger charge is -2.19. The summed E-state index contributed by atoms with van der Waals surface area (Å²) in [6.07, 6.45) is 3.92. The molecule has 1 aliphatic heterocycles. The van der Waals surface area contributed by atoms with E-state index in [1.54, 1.807) is 11.8 Å². The van der Waals surface area contributed by atoms with Gasteiger partial charge < -0.3 is 21.1 Å². The monoisotopic (exact) mass is 473 g/mol. The van der Waals surface area contributed by atoms with Crippen LogP contribution in [0.1, 0.15) is 34.3 Å². The third-order valence-corrected chi connectivity index (χ3v) is 6.91. The lowest BCUT2D eigenvalue weighted by Crippen LogP contribution is -2.41. The average Bonchev–Trinajstić information content (AvgIpc) is 3.20. The average molecular weight is 474 g/mol. The molecule has 6 nitrogen and oxygen atoms in total. The quantitative estimate of drug-likeness (QED) is 0.322. The van der Waals surface area contributed by atoms with Crippen LogP contribution in [0.2, 0.25) is 0 Å². The number of carboxylic acid groups (broad SMARTS) is 1. The minimum absolute atomic E-state index is 0.266. The van der Waals surface area contributed by atoms with Crippen LogP contribution >= 0.6 is 24.4 Å². The molecule has 1 amide bonds. The van der Waals surface area contributed by atoms with Gasteiger partial charge in [0.25, 0.3) is 5.91 Å². The number of rotatable bonds is 11. The predicted molar refractivity (Wildman–Crippen MR) is 135 cm³/mol. The Morgan fingerprint density at radius 3 is 2.69 bits per heavy atom. The maximum Gasteiger partial charge on any atom is 0.326 e. The number of carbonyl (C=O) groups excluding carboxylic acids is 1. The molecular formula is C24H31N3O3S2. The summed E-state index contributed by atoms with van der Waals surface area (Å²) in [6.45, 7) is 1.66. The van der Waals surface area contributed by atoms with Crippen molar-refractivity contribution in [2.24, 2.45) is 0 Å². The van der Waals surface area contributed by atoms with Crippen LogP contribution < -0.4 is 16.0 Å². The molecule has 0 aromatic heterocycles. The standard InChI is InChI=1S/C24H31N3O3S2/c1-32-12-10-20(24(29)30)27-23(28)19-14-18(26-15-21-22(31)9-11-25-21)8-7-17(19)13-16-5-3-2-4-6-16/h2-8,14,20-22,25-26,31H,9-13,15H2,1H3,(H,27,28)(H,29,30)/t20-,21?,22?/m0/s1. The molecule has 172 valence electrons.